The molecular weight excluding hydrogens is 316 g/mol. The highest BCUT2D eigenvalue weighted by Gasteiger charge is 2.29. The second-order valence-corrected chi connectivity index (χ2v) is 6.60. The molecular formula is C20H24N2O3. The molecule has 1 aliphatic rings. The minimum atomic E-state index is -0.750. The maximum absolute atomic E-state index is 12.2. The van der Waals surface area contributed by atoms with Crippen molar-refractivity contribution in [2.45, 2.75) is 44.3 Å². The van der Waals surface area contributed by atoms with Gasteiger partial charge in [-0.05, 0) is 49.2 Å². The van der Waals surface area contributed by atoms with Crippen molar-refractivity contribution in [3.05, 3.63) is 59.9 Å². The topological polar surface area (TPSA) is 71.5 Å². The molecule has 132 valence electrons. The molecule has 0 bridgehead atoms. The Labute approximate surface area is 148 Å². The van der Waals surface area contributed by atoms with Gasteiger partial charge in [0, 0.05) is 18.3 Å². The zero-order valence-corrected chi connectivity index (χ0v) is 14.3. The first-order valence-corrected chi connectivity index (χ1v) is 8.78. The number of ether oxygens (including phenoxy) is 1. The first-order valence-electron chi connectivity index (χ1n) is 8.78. The SMILES string of the molecule is O=C(NCC1(O)CCCCC1)c1ccc(OCc2ccccn2)cc1. The predicted molar refractivity (Wildman–Crippen MR) is 95.4 cm³/mol. The normalized spacial score (nSPS) is 16.2. The fourth-order valence-electron chi connectivity index (χ4n) is 3.08. The van der Waals surface area contributed by atoms with Gasteiger partial charge < -0.3 is 15.2 Å². The molecule has 1 aliphatic carbocycles. The van der Waals surface area contributed by atoms with Gasteiger partial charge in [-0.1, -0.05) is 25.3 Å². The Morgan fingerprint density at radius 1 is 1.12 bits per heavy atom. The van der Waals surface area contributed by atoms with Gasteiger partial charge in [0.1, 0.15) is 12.4 Å². The van der Waals surface area contributed by atoms with Gasteiger partial charge in [-0.2, -0.15) is 0 Å². The number of rotatable bonds is 6. The molecule has 1 aromatic heterocycles. The van der Waals surface area contributed by atoms with Crippen molar-refractivity contribution in [1.29, 1.82) is 0 Å². The van der Waals surface area contributed by atoms with Gasteiger partial charge in [-0.3, -0.25) is 9.78 Å². The Morgan fingerprint density at radius 3 is 2.56 bits per heavy atom. The van der Waals surface area contributed by atoms with Crippen LogP contribution < -0.4 is 10.1 Å². The van der Waals surface area contributed by atoms with Gasteiger partial charge in [0.2, 0.25) is 0 Å². The van der Waals surface area contributed by atoms with Gasteiger partial charge in [0.05, 0.1) is 11.3 Å². The van der Waals surface area contributed by atoms with E-state index >= 15 is 0 Å². The van der Waals surface area contributed by atoms with Crippen LogP contribution in [0.5, 0.6) is 5.75 Å². The number of nitrogens with one attached hydrogen (secondary N) is 1. The molecule has 0 spiro atoms. The molecule has 2 N–H and O–H groups in total. The fourth-order valence-corrected chi connectivity index (χ4v) is 3.08. The van der Waals surface area contributed by atoms with Crippen molar-refractivity contribution in [2.24, 2.45) is 0 Å². The van der Waals surface area contributed by atoms with E-state index in [2.05, 4.69) is 10.3 Å². The standard InChI is InChI=1S/C20H24N2O3/c23-19(22-15-20(24)11-3-1-4-12-20)16-7-9-18(10-8-16)25-14-17-6-2-5-13-21-17/h2,5-10,13,24H,1,3-4,11-12,14-15H2,(H,22,23). The van der Waals surface area contributed by atoms with E-state index in [0.29, 0.717) is 24.5 Å². The van der Waals surface area contributed by atoms with E-state index in [9.17, 15) is 9.90 Å². The monoisotopic (exact) mass is 340 g/mol. The molecule has 3 rings (SSSR count). The highest BCUT2D eigenvalue weighted by atomic mass is 16.5. The highest BCUT2D eigenvalue weighted by molar-refractivity contribution is 5.94. The van der Waals surface area contributed by atoms with E-state index in [4.69, 9.17) is 4.74 Å². The van der Waals surface area contributed by atoms with Crippen LogP contribution in [0.3, 0.4) is 0 Å². The number of carbonyl (C=O) groups is 1. The number of amides is 1. The molecule has 25 heavy (non-hydrogen) atoms. The Bertz CT molecular complexity index is 680. The lowest BCUT2D eigenvalue weighted by atomic mass is 9.85. The molecule has 0 saturated heterocycles. The fraction of sp³-hybridized carbons (Fsp3) is 0.400. The van der Waals surface area contributed by atoms with Crippen LogP contribution >= 0.6 is 0 Å². The van der Waals surface area contributed by atoms with Crippen LogP contribution in [0.2, 0.25) is 0 Å². The molecule has 0 unspecified atom stereocenters. The van der Waals surface area contributed by atoms with Crippen molar-refractivity contribution in [2.75, 3.05) is 6.54 Å². The van der Waals surface area contributed by atoms with Crippen LogP contribution in [0.15, 0.2) is 48.7 Å². The molecule has 0 radical (unpaired) electrons. The molecule has 1 heterocycles. The average Bonchev–Trinajstić information content (AvgIpc) is 2.66. The molecule has 1 fully saturated rings. The molecule has 0 atom stereocenters. The number of aromatic nitrogens is 1. The number of pyridine rings is 1. The van der Waals surface area contributed by atoms with Gasteiger partial charge in [0.15, 0.2) is 0 Å². The first kappa shape index (κ1) is 17.4. The smallest absolute Gasteiger partial charge is 0.251 e. The summed E-state index contributed by atoms with van der Waals surface area (Å²) in [5, 5.41) is 13.3. The number of carbonyl (C=O) groups excluding carboxylic acids is 1. The maximum atomic E-state index is 12.2. The molecule has 2 aromatic rings. The van der Waals surface area contributed by atoms with E-state index in [1.807, 2.05) is 18.2 Å². The Balaban J connectivity index is 1.50. The van der Waals surface area contributed by atoms with Crippen LogP contribution in [0, 0.1) is 0 Å². The summed E-state index contributed by atoms with van der Waals surface area (Å²) in [4.78, 5) is 16.4. The maximum Gasteiger partial charge on any atom is 0.251 e. The van der Waals surface area contributed by atoms with Crippen LogP contribution in [-0.2, 0) is 6.61 Å². The van der Waals surface area contributed by atoms with Crippen molar-refractivity contribution in [3.63, 3.8) is 0 Å². The van der Waals surface area contributed by atoms with Crippen molar-refractivity contribution >= 4 is 5.91 Å². The predicted octanol–water partition coefficient (Wildman–Crippen LogP) is 3.09. The molecule has 5 heteroatoms. The second-order valence-electron chi connectivity index (χ2n) is 6.60. The van der Waals surface area contributed by atoms with Gasteiger partial charge in [-0.15, -0.1) is 0 Å². The number of aliphatic hydroxyl groups is 1. The van der Waals surface area contributed by atoms with Crippen LogP contribution in [0.25, 0.3) is 0 Å². The van der Waals surface area contributed by atoms with E-state index < -0.39 is 5.60 Å². The number of nitrogens with zero attached hydrogens (tertiary/aromatic N) is 1. The van der Waals surface area contributed by atoms with Crippen LogP contribution in [-0.4, -0.2) is 28.1 Å². The summed E-state index contributed by atoms with van der Waals surface area (Å²) in [6.07, 6.45) is 6.45. The summed E-state index contributed by atoms with van der Waals surface area (Å²) in [5.41, 5.74) is 0.661. The van der Waals surface area contributed by atoms with Crippen molar-refractivity contribution in [1.82, 2.24) is 10.3 Å². The van der Waals surface area contributed by atoms with Crippen LogP contribution in [0.4, 0.5) is 0 Å². The van der Waals surface area contributed by atoms with E-state index in [0.717, 1.165) is 37.8 Å². The molecule has 1 aromatic carbocycles. The van der Waals surface area contributed by atoms with Gasteiger partial charge >= 0.3 is 0 Å². The zero-order valence-electron chi connectivity index (χ0n) is 14.3. The number of hydrogen-bond acceptors (Lipinski definition) is 4. The third kappa shape index (κ3) is 5.03. The third-order valence-electron chi connectivity index (χ3n) is 4.59. The minimum Gasteiger partial charge on any atom is -0.487 e. The molecule has 5 nitrogen and oxygen atoms in total. The lowest BCUT2D eigenvalue weighted by Gasteiger charge is -2.32. The summed E-state index contributed by atoms with van der Waals surface area (Å²) in [7, 11) is 0. The summed E-state index contributed by atoms with van der Waals surface area (Å²) < 4.78 is 5.66. The summed E-state index contributed by atoms with van der Waals surface area (Å²) in [5.74, 6) is 0.517. The lowest BCUT2D eigenvalue weighted by molar-refractivity contribution is 0.00525. The van der Waals surface area contributed by atoms with Gasteiger partial charge in [0.25, 0.3) is 5.91 Å². The Hall–Kier alpha value is -2.40. The Kier molecular flexibility index (Phi) is 5.66. The second kappa shape index (κ2) is 8.12. The van der Waals surface area contributed by atoms with Crippen LogP contribution in [0.1, 0.15) is 48.2 Å². The van der Waals surface area contributed by atoms with E-state index in [1.165, 1.54) is 0 Å². The zero-order chi connectivity index (χ0) is 17.5. The van der Waals surface area contributed by atoms with Crippen molar-refractivity contribution in [3.8, 4) is 5.75 Å². The Morgan fingerprint density at radius 2 is 1.88 bits per heavy atom. The number of hydrogen-bond donors (Lipinski definition) is 2. The summed E-state index contributed by atoms with van der Waals surface area (Å²) in [6.45, 7) is 0.698. The highest BCUT2D eigenvalue weighted by Crippen LogP contribution is 2.27. The van der Waals surface area contributed by atoms with Crippen molar-refractivity contribution < 1.29 is 14.6 Å². The average molecular weight is 340 g/mol. The summed E-state index contributed by atoms with van der Waals surface area (Å²) >= 11 is 0. The minimum absolute atomic E-state index is 0.171. The number of benzene rings is 1. The summed E-state index contributed by atoms with van der Waals surface area (Å²) in [6, 6.07) is 12.7. The molecule has 1 saturated carbocycles. The van der Waals surface area contributed by atoms with E-state index in [1.54, 1.807) is 30.5 Å². The lowest BCUT2D eigenvalue weighted by Crippen LogP contribution is -2.44. The van der Waals surface area contributed by atoms with E-state index in [-0.39, 0.29) is 5.91 Å². The molecule has 1 amide bonds. The van der Waals surface area contributed by atoms with Gasteiger partial charge in [-0.25, -0.2) is 0 Å². The largest absolute Gasteiger partial charge is 0.487 e. The molecule has 0 aliphatic heterocycles. The first-order chi connectivity index (χ1) is 12.1. The quantitative estimate of drug-likeness (QED) is 0.848. The third-order valence-corrected chi connectivity index (χ3v) is 4.59.